The van der Waals surface area contributed by atoms with Crippen molar-refractivity contribution in [1.29, 1.82) is 0 Å². The third kappa shape index (κ3) is 2.87. The standard InChI is InChI=1S/C14H13ClN2O/c1-10-8-13(17(2)16-10)14(18)7-6-11-4-3-5-12(15)9-11/h3-9H,1-2H3/b7-6+. The molecule has 0 fully saturated rings. The van der Waals surface area contributed by atoms with E-state index < -0.39 is 0 Å². The van der Waals surface area contributed by atoms with Crippen LogP contribution in [0.4, 0.5) is 0 Å². The number of carbonyl (C=O) groups is 1. The van der Waals surface area contributed by atoms with Crippen LogP contribution in [0.25, 0.3) is 6.08 Å². The minimum Gasteiger partial charge on any atom is -0.288 e. The molecule has 0 aliphatic heterocycles. The Bertz CT molecular complexity index is 614. The van der Waals surface area contributed by atoms with Crippen LogP contribution in [0.2, 0.25) is 5.02 Å². The molecule has 3 nitrogen and oxygen atoms in total. The van der Waals surface area contributed by atoms with Gasteiger partial charge in [0.2, 0.25) is 5.78 Å². The van der Waals surface area contributed by atoms with E-state index >= 15 is 0 Å². The topological polar surface area (TPSA) is 34.9 Å². The van der Waals surface area contributed by atoms with Gasteiger partial charge in [-0.25, -0.2) is 0 Å². The maximum Gasteiger partial charge on any atom is 0.203 e. The first-order valence-electron chi connectivity index (χ1n) is 5.55. The molecule has 0 unspecified atom stereocenters. The molecule has 4 heteroatoms. The SMILES string of the molecule is Cc1cc(C(=O)/C=C/c2cccc(Cl)c2)n(C)n1. The summed E-state index contributed by atoms with van der Waals surface area (Å²) in [6.45, 7) is 1.86. The Morgan fingerprint density at radius 2 is 2.17 bits per heavy atom. The molecule has 0 saturated heterocycles. The van der Waals surface area contributed by atoms with E-state index in [1.54, 1.807) is 36.0 Å². The van der Waals surface area contributed by atoms with Crippen LogP contribution in [-0.4, -0.2) is 15.6 Å². The maximum absolute atomic E-state index is 12.0. The summed E-state index contributed by atoms with van der Waals surface area (Å²) in [5.41, 5.74) is 2.30. The Morgan fingerprint density at radius 3 is 2.78 bits per heavy atom. The fourth-order valence-corrected chi connectivity index (χ4v) is 1.91. The van der Waals surface area contributed by atoms with Gasteiger partial charge in [0.25, 0.3) is 0 Å². The average Bonchev–Trinajstić information content (AvgIpc) is 2.66. The molecule has 2 rings (SSSR count). The molecule has 0 saturated carbocycles. The summed E-state index contributed by atoms with van der Waals surface area (Å²) < 4.78 is 1.58. The van der Waals surface area contributed by atoms with E-state index in [0.29, 0.717) is 10.7 Å². The number of aryl methyl sites for hydroxylation is 2. The number of benzene rings is 1. The van der Waals surface area contributed by atoms with Crippen LogP contribution in [0.3, 0.4) is 0 Å². The predicted octanol–water partition coefficient (Wildman–Crippen LogP) is 3.28. The zero-order valence-corrected chi connectivity index (χ0v) is 11.0. The normalized spacial score (nSPS) is 11.1. The number of aromatic nitrogens is 2. The maximum atomic E-state index is 12.0. The summed E-state index contributed by atoms with van der Waals surface area (Å²) in [7, 11) is 1.76. The lowest BCUT2D eigenvalue weighted by molar-refractivity contribution is 0.103. The van der Waals surface area contributed by atoms with Crippen molar-refractivity contribution in [2.75, 3.05) is 0 Å². The monoisotopic (exact) mass is 260 g/mol. The van der Waals surface area contributed by atoms with Gasteiger partial charge >= 0.3 is 0 Å². The lowest BCUT2D eigenvalue weighted by Crippen LogP contribution is -2.03. The number of carbonyl (C=O) groups excluding carboxylic acids is 1. The number of allylic oxidation sites excluding steroid dienone is 1. The highest BCUT2D eigenvalue weighted by molar-refractivity contribution is 6.30. The first kappa shape index (κ1) is 12.6. The molecule has 0 N–H and O–H groups in total. The largest absolute Gasteiger partial charge is 0.288 e. The molecule has 1 aromatic carbocycles. The lowest BCUT2D eigenvalue weighted by Gasteiger charge is -1.96. The third-order valence-corrected chi connectivity index (χ3v) is 2.77. The third-order valence-electron chi connectivity index (χ3n) is 2.53. The minimum absolute atomic E-state index is 0.0712. The van der Waals surface area contributed by atoms with Crippen LogP contribution in [-0.2, 0) is 7.05 Å². The fraction of sp³-hybridized carbons (Fsp3) is 0.143. The minimum atomic E-state index is -0.0712. The smallest absolute Gasteiger partial charge is 0.203 e. The molecule has 0 spiro atoms. The van der Waals surface area contributed by atoms with E-state index in [4.69, 9.17) is 11.6 Å². The number of nitrogens with zero attached hydrogens (tertiary/aromatic N) is 2. The first-order chi connectivity index (χ1) is 8.56. The number of ketones is 1. The highest BCUT2D eigenvalue weighted by Gasteiger charge is 2.08. The molecule has 0 amide bonds. The van der Waals surface area contributed by atoms with E-state index in [2.05, 4.69) is 5.10 Å². The summed E-state index contributed by atoms with van der Waals surface area (Å²) in [6.07, 6.45) is 3.28. The van der Waals surface area contributed by atoms with Crippen molar-refractivity contribution in [3.05, 3.63) is 58.4 Å². The highest BCUT2D eigenvalue weighted by atomic mass is 35.5. The molecule has 1 heterocycles. The van der Waals surface area contributed by atoms with Gasteiger partial charge in [0.15, 0.2) is 0 Å². The molecule has 18 heavy (non-hydrogen) atoms. The van der Waals surface area contributed by atoms with Crippen molar-refractivity contribution < 1.29 is 4.79 Å². The van der Waals surface area contributed by atoms with Crippen molar-refractivity contribution in [3.8, 4) is 0 Å². The second kappa shape index (κ2) is 5.19. The van der Waals surface area contributed by atoms with Crippen LogP contribution in [0.15, 0.2) is 36.4 Å². The molecule has 0 aliphatic carbocycles. The molecule has 0 radical (unpaired) electrons. The summed E-state index contributed by atoms with van der Waals surface area (Å²) in [5, 5.41) is 4.80. The molecule has 2 aromatic rings. The van der Waals surface area contributed by atoms with Crippen LogP contribution >= 0.6 is 11.6 Å². The molecular weight excluding hydrogens is 248 g/mol. The van der Waals surface area contributed by atoms with Crippen LogP contribution in [0.5, 0.6) is 0 Å². The van der Waals surface area contributed by atoms with Crippen LogP contribution in [0.1, 0.15) is 21.7 Å². The summed E-state index contributed by atoms with van der Waals surface area (Å²) in [5.74, 6) is -0.0712. The predicted molar refractivity (Wildman–Crippen MR) is 72.8 cm³/mol. The lowest BCUT2D eigenvalue weighted by atomic mass is 10.1. The summed E-state index contributed by atoms with van der Waals surface area (Å²) in [6, 6.07) is 9.11. The van der Waals surface area contributed by atoms with Crippen LogP contribution < -0.4 is 0 Å². The Kier molecular flexibility index (Phi) is 3.63. The Hall–Kier alpha value is -1.87. The molecule has 92 valence electrons. The first-order valence-corrected chi connectivity index (χ1v) is 5.92. The van der Waals surface area contributed by atoms with Gasteiger partial charge in [-0.15, -0.1) is 0 Å². The van der Waals surface area contributed by atoms with Gasteiger partial charge in [-0.05, 0) is 36.8 Å². The summed E-state index contributed by atoms with van der Waals surface area (Å²) in [4.78, 5) is 12.0. The number of rotatable bonds is 3. The zero-order chi connectivity index (χ0) is 13.1. The van der Waals surface area contributed by atoms with E-state index in [9.17, 15) is 4.79 Å². The number of halogens is 1. The zero-order valence-electron chi connectivity index (χ0n) is 10.2. The highest BCUT2D eigenvalue weighted by Crippen LogP contribution is 2.12. The second-order valence-corrected chi connectivity index (χ2v) is 4.48. The van der Waals surface area contributed by atoms with Crippen molar-refractivity contribution in [1.82, 2.24) is 9.78 Å². The Morgan fingerprint density at radius 1 is 1.39 bits per heavy atom. The van der Waals surface area contributed by atoms with Gasteiger partial charge in [-0.1, -0.05) is 29.8 Å². The van der Waals surface area contributed by atoms with Crippen molar-refractivity contribution in [3.63, 3.8) is 0 Å². The molecule has 0 bridgehead atoms. The van der Waals surface area contributed by atoms with E-state index in [1.165, 1.54) is 6.08 Å². The van der Waals surface area contributed by atoms with Gasteiger partial charge in [-0.2, -0.15) is 5.10 Å². The van der Waals surface area contributed by atoms with Crippen molar-refractivity contribution >= 4 is 23.5 Å². The Labute approximate surface area is 111 Å². The van der Waals surface area contributed by atoms with Gasteiger partial charge in [-0.3, -0.25) is 9.48 Å². The van der Waals surface area contributed by atoms with Crippen LogP contribution in [0, 0.1) is 6.92 Å². The quantitative estimate of drug-likeness (QED) is 0.627. The van der Waals surface area contributed by atoms with E-state index in [1.807, 2.05) is 19.1 Å². The average molecular weight is 261 g/mol. The molecule has 0 aliphatic rings. The number of hydrogen-bond donors (Lipinski definition) is 0. The van der Waals surface area contributed by atoms with Crippen molar-refractivity contribution in [2.24, 2.45) is 7.05 Å². The molecule has 0 atom stereocenters. The molecular formula is C14H13ClN2O. The van der Waals surface area contributed by atoms with Crippen molar-refractivity contribution in [2.45, 2.75) is 6.92 Å². The van der Waals surface area contributed by atoms with Gasteiger partial charge < -0.3 is 0 Å². The second-order valence-electron chi connectivity index (χ2n) is 4.05. The van der Waals surface area contributed by atoms with Gasteiger partial charge in [0.05, 0.1) is 5.69 Å². The Balaban J connectivity index is 2.19. The van der Waals surface area contributed by atoms with Gasteiger partial charge in [0.1, 0.15) is 5.69 Å². The van der Waals surface area contributed by atoms with E-state index in [0.717, 1.165) is 11.3 Å². The van der Waals surface area contributed by atoms with E-state index in [-0.39, 0.29) is 5.78 Å². The van der Waals surface area contributed by atoms with Gasteiger partial charge in [0, 0.05) is 12.1 Å². The summed E-state index contributed by atoms with van der Waals surface area (Å²) >= 11 is 5.87. The number of hydrogen-bond acceptors (Lipinski definition) is 2. The molecule has 1 aromatic heterocycles. The fourth-order valence-electron chi connectivity index (χ4n) is 1.71.